The first kappa shape index (κ1) is 21.1. The van der Waals surface area contributed by atoms with Crippen molar-refractivity contribution in [3.8, 4) is 0 Å². The number of esters is 1. The van der Waals surface area contributed by atoms with Gasteiger partial charge in [-0.1, -0.05) is 74.0 Å². The molecule has 29 heavy (non-hydrogen) atoms. The number of ether oxygens (including phenoxy) is 1. The Balaban J connectivity index is 2.01. The van der Waals surface area contributed by atoms with Crippen molar-refractivity contribution in [2.45, 2.75) is 45.3 Å². The Kier molecular flexibility index (Phi) is 7.42. The normalized spacial score (nSPS) is 19.9. The highest BCUT2D eigenvalue weighted by Gasteiger charge is 2.45. The third-order valence-electron chi connectivity index (χ3n) is 5.34. The molecule has 2 aromatic rings. The number of hydrogen-bond donors (Lipinski definition) is 0. The van der Waals surface area contributed by atoms with Crippen molar-refractivity contribution in [2.24, 2.45) is 0 Å². The molecule has 1 aliphatic heterocycles. The van der Waals surface area contributed by atoms with Crippen molar-refractivity contribution >= 4 is 11.9 Å². The van der Waals surface area contributed by atoms with Crippen LogP contribution in [0, 0.1) is 0 Å². The molecule has 0 radical (unpaired) electrons. The third kappa shape index (κ3) is 5.04. The van der Waals surface area contributed by atoms with Crippen LogP contribution in [0.2, 0.25) is 0 Å². The number of piperazine rings is 1. The number of unbranched alkanes of at least 4 members (excludes halogenated alkanes) is 1. The van der Waals surface area contributed by atoms with Crippen LogP contribution in [0.4, 0.5) is 0 Å². The van der Waals surface area contributed by atoms with E-state index >= 15 is 0 Å². The SMILES string of the molecule is CCCCN1C(=O)CN(Cc2ccccc2)[C@H](C(=O)OCC)[C@@H]1c1ccccc1. The van der Waals surface area contributed by atoms with E-state index in [0.29, 0.717) is 19.7 Å². The third-order valence-corrected chi connectivity index (χ3v) is 5.34. The van der Waals surface area contributed by atoms with Crippen LogP contribution >= 0.6 is 0 Å². The van der Waals surface area contributed by atoms with E-state index in [1.807, 2.05) is 77.4 Å². The predicted octanol–water partition coefficient (Wildman–Crippen LogP) is 3.80. The van der Waals surface area contributed by atoms with Crippen molar-refractivity contribution < 1.29 is 14.3 Å². The lowest BCUT2D eigenvalue weighted by molar-refractivity contribution is -0.162. The van der Waals surface area contributed by atoms with Gasteiger partial charge in [0.25, 0.3) is 0 Å². The molecular formula is C24H30N2O3. The highest BCUT2D eigenvalue weighted by Crippen LogP contribution is 2.34. The lowest BCUT2D eigenvalue weighted by atomic mass is 9.92. The van der Waals surface area contributed by atoms with Crippen LogP contribution in [0.5, 0.6) is 0 Å². The van der Waals surface area contributed by atoms with Crippen LogP contribution in [-0.4, -0.2) is 47.4 Å². The highest BCUT2D eigenvalue weighted by atomic mass is 16.5. The maximum Gasteiger partial charge on any atom is 0.325 e. The number of carbonyl (C=O) groups excluding carboxylic acids is 2. The van der Waals surface area contributed by atoms with E-state index in [0.717, 1.165) is 24.0 Å². The van der Waals surface area contributed by atoms with E-state index in [4.69, 9.17) is 4.74 Å². The predicted molar refractivity (Wildman–Crippen MR) is 113 cm³/mol. The zero-order valence-electron chi connectivity index (χ0n) is 17.3. The fraction of sp³-hybridized carbons (Fsp3) is 0.417. The summed E-state index contributed by atoms with van der Waals surface area (Å²) in [7, 11) is 0. The van der Waals surface area contributed by atoms with Gasteiger partial charge in [0.05, 0.1) is 19.2 Å². The number of hydrogen-bond acceptors (Lipinski definition) is 4. The Labute approximate surface area is 173 Å². The van der Waals surface area contributed by atoms with Gasteiger partial charge in [0.15, 0.2) is 0 Å². The number of carbonyl (C=O) groups is 2. The first-order valence-corrected chi connectivity index (χ1v) is 10.4. The number of nitrogens with zero attached hydrogens (tertiary/aromatic N) is 2. The van der Waals surface area contributed by atoms with Gasteiger partial charge in [-0.3, -0.25) is 14.5 Å². The van der Waals surface area contributed by atoms with Crippen molar-refractivity contribution in [1.82, 2.24) is 9.80 Å². The molecule has 0 spiro atoms. The van der Waals surface area contributed by atoms with E-state index in [1.54, 1.807) is 0 Å². The van der Waals surface area contributed by atoms with E-state index in [9.17, 15) is 9.59 Å². The lowest BCUT2D eigenvalue weighted by Crippen LogP contribution is -2.60. The van der Waals surface area contributed by atoms with Gasteiger partial charge < -0.3 is 9.64 Å². The van der Waals surface area contributed by atoms with Crippen LogP contribution in [-0.2, 0) is 20.9 Å². The first-order valence-electron chi connectivity index (χ1n) is 10.4. The van der Waals surface area contributed by atoms with Crippen LogP contribution in [0.1, 0.15) is 43.9 Å². The maximum atomic E-state index is 13.1. The molecule has 0 aliphatic carbocycles. The van der Waals surface area contributed by atoms with Gasteiger partial charge in [-0.15, -0.1) is 0 Å². The van der Waals surface area contributed by atoms with Gasteiger partial charge in [0.1, 0.15) is 6.04 Å². The fourth-order valence-electron chi connectivity index (χ4n) is 3.97. The molecule has 3 rings (SSSR count). The summed E-state index contributed by atoms with van der Waals surface area (Å²) in [6.07, 6.45) is 1.90. The summed E-state index contributed by atoms with van der Waals surface area (Å²) in [5.41, 5.74) is 2.04. The maximum absolute atomic E-state index is 13.1. The van der Waals surface area contributed by atoms with Gasteiger partial charge in [0, 0.05) is 13.1 Å². The van der Waals surface area contributed by atoms with Crippen LogP contribution < -0.4 is 0 Å². The summed E-state index contributed by atoms with van der Waals surface area (Å²) in [4.78, 5) is 30.1. The van der Waals surface area contributed by atoms with E-state index in [1.165, 1.54) is 0 Å². The van der Waals surface area contributed by atoms with Crippen LogP contribution in [0.25, 0.3) is 0 Å². The molecule has 5 heteroatoms. The molecular weight excluding hydrogens is 364 g/mol. The molecule has 1 aliphatic rings. The monoisotopic (exact) mass is 394 g/mol. The summed E-state index contributed by atoms with van der Waals surface area (Å²) < 4.78 is 5.47. The molecule has 1 saturated heterocycles. The molecule has 5 nitrogen and oxygen atoms in total. The average molecular weight is 395 g/mol. The van der Waals surface area contributed by atoms with Crippen LogP contribution in [0.3, 0.4) is 0 Å². The second-order valence-electron chi connectivity index (χ2n) is 7.38. The minimum Gasteiger partial charge on any atom is -0.465 e. The van der Waals surface area contributed by atoms with Gasteiger partial charge >= 0.3 is 5.97 Å². The quantitative estimate of drug-likeness (QED) is 0.639. The molecule has 0 saturated carbocycles. The highest BCUT2D eigenvalue weighted by molar-refractivity contribution is 5.85. The lowest BCUT2D eigenvalue weighted by Gasteiger charge is -2.46. The largest absolute Gasteiger partial charge is 0.465 e. The Morgan fingerprint density at radius 2 is 1.69 bits per heavy atom. The van der Waals surface area contributed by atoms with Crippen molar-refractivity contribution in [3.05, 3.63) is 71.8 Å². The molecule has 1 fully saturated rings. The topological polar surface area (TPSA) is 49.9 Å². The Bertz CT molecular complexity index is 794. The molecule has 0 bridgehead atoms. The van der Waals surface area contributed by atoms with Gasteiger partial charge in [0.2, 0.25) is 5.91 Å². The Hall–Kier alpha value is -2.66. The van der Waals surface area contributed by atoms with Crippen LogP contribution in [0.15, 0.2) is 60.7 Å². The molecule has 0 unspecified atom stereocenters. The van der Waals surface area contributed by atoms with Crippen molar-refractivity contribution in [3.63, 3.8) is 0 Å². The van der Waals surface area contributed by atoms with Crippen molar-refractivity contribution in [1.29, 1.82) is 0 Å². The minimum absolute atomic E-state index is 0.0591. The van der Waals surface area contributed by atoms with Gasteiger partial charge in [-0.2, -0.15) is 0 Å². The first-order chi connectivity index (χ1) is 14.2. The smallest absolute Gasteiger partial charge is 0.325 e. The van der Waals surface area contributed by atoms with Gasteiger partial charge in [-0.25, -0.2) is 0 Å². The zero-order valence-corrected chi connectivity index (χ0v) is 17.3. The summed E-state index contributed by atoms with van der Waals surface area (Å²) in [5, 5.41) is 0. The molecule has 2 aromatic carbocycles. The van der Waals surface area contributed by atoms with E-state index in [2.05, 4.69) is 6.92 Å². The summed E-state index contributed by atoms with van der Waals surface area (Å²) >= 11 is 0. The van der Waals surface area contributed by atoms with E-state index < -0.39 is 6.04 Å². The number of rotatable bonds is 8. The molecule has 0 aromatic heterocycles. The van der Waals surface area contributed by atoms with Crippen molar-refractivity contribution in [2.75, 3.05) is 19.7 Å². The average Bonchev–Trinajstić information content (AvgIpc) is 2.74. The Morgan fingerprint density at radius 1 is 1.03 bits per heavy atom. The zero-order chi connectivity index (χ0) is 20.6. The standard InChI is InChI=1S/C24H30N2O3/c1-3-5-16-26-21(27)18-25(17-19-12-8-6-9-13-19)23(24(28)29-4-2)22(26)20-14-10-7-11-15-20/h6-15,22-23H,3-5,16-18H2,1-2H3/t22-,23-/m0/s1. The number of benzene rings is 2. The number of amides is 1. The summed E-state index contributed by atoms with van der Waals surface area (Å²) in [5.74, 6) is -0.213. The molecule has 154 valence electrons. The second kappa shape index (κ2) is 10.2. The minimum atomic E-state index is -0.535. The summed E-state index contributed by atoms with van der Waals surface area (Å²) in [6.45, 7) is 5.63. The second-order valence-corrected chi connectivity index (χ2v) is 7.38. The molecule has 0 N–H and O–H groups in total. The molecule has 2 atom stereocenters. The molecule has 1 amide bonds. The fourth-order valence-corrected chi connectivity index (χ4v) is 3.97. The van der Waals surface area contributed by atoms with E-state index in [-0.39, 0.29) is 24.5 Å². The van der Waals surface area contributed by atoms with Gasteiger partial charge in [-0.05, 0) is 24.5 Å². The summed E-state index contributed by atoms with van der Waals surface area (Å²) in [6, 6.07) is 18.9. The Morgan fingerprint density at radius 3 is 2.31 bits per heavy atom. The molecule has 1 heterocycles.